The molecule has 7 heteroatoms. The first-order chi connectivity index (χ1) is 10.5. The number of amides is 1. The van der Waals surface area contributed by atoms with Crippen LogP contribution >= 0.6 is 0 Å². The van der Waals surface area contributed by atoms with Gasteiger partial charge in [0.25, 0.3) is 0 Å². The van der Waals surface area contributed by atoms with Crippen LogP contribution in [0.3, 0.4) is 0 Å². The summed E-state index contributed by atoms with van der Waals surface area (Å²) in [5, 5.41) is 12.2. The number of esters is 1. The van der Waals surface area contributed by atoms with Gasteiger partial charge in [-0.15, -0.1) is 0 Å². The molecule has 0 aliphatic carbocycles. The van der Waals surface area contributed by atoms with Crippen molar-refractivity contribution in [3.05, 3.63) is 30.0 Å². The van der Waals surface area contributed by atoms with Crippen LogP contribution in [0.5, 0.6) is 5.75 Å². The number of fused-ring (bicyclic) bond motifs is 1. The van der Waals surface area contributed by atoms with Crippen molar-refractivity contribution < 1.29 is 24.2 Å². The van der Waals surface area contributed by atoms with Crippen molar-refractivity contribution in [3.63, 3.8) is 0 Å². The molecule has 0 bridgehead atoms. The van der Waals surface area contributed by atoms with Gasteiger partial charge in [-0.25, -0.2) is 0 Å². The molecule has 116 valence electrons. The first kappa shape index (κ1) is 15.6. The fraction of sp³-hybridized carbons (Fsp3) is 0.267. The standard InChI is InChI=1S/C15H16N2O5/c1-9(18)16-6-5-10-8-17-15-11(10)3-2-4-12(15)22-14(21)7-13(19)20/h2-4,8,17H,5-7H2,1H3,(H,16,18)(H,19,20). The van der Waals surface area contributed by atoms with Crippen LogP contribution in [-0.4, -0.2) is 34.5 Å². The summed E-state index contributed by atoms with van der Waals surface area (Å²) in [6, 6.07) is 5.18. The van der Waals surface area contributed by atoms with Crippen LogP contribution < -0.4 is 10.1 Å². The van der Waals surface area contributed by atoms with Gasteiger partial charge in [-0.05, 0) is 18.1 Å². The molecule has 0 atom stereocenters. The van der Waals surface area contributed by atoms with Crippen molar-refractivity contribution in [1.29, 1.82) is 0 Å². The third-order valence-corrected chi connectivity index (χ3v) is 3.05. The summed E-state index contributed by atoms with van der Waals surface area (Å²) in [4.78, 5) is 35.8. The van der Waals surface area contributed by atoms with Gasteiger partial charge in [0.2, 0.25) is 5.91 Å². The summed E-state index contributed by atoms with van der Waals surface area (Å²) in [5.74, 6) is -1.87. The molecule has 0 spiro atoms. The number of para-hydroxylation sites is 1. The molecule has 1 amide bonds. The van der Waals surface area contributed by atoms with Crippen LogP contribution in [0.15, 0.2) is 24.4 Å². The lowest BCUT2D eigenvalue weighted by atomic mass is 10.1. The van der Waals surface area contributed by atoms with E-state index in [1.807, 2.05) is 6.07 Å². The van der Waals surface area contributed by atoms with Crippen LogP contribution in [0.4, 0.5) is 0 Å². The molecule has 0 fully saturated rings. The van der Waals surface area contributed by atoms with Gasteiger partial charge in [0, 0.05) is 25.1 Å². The summed E-state index contributed by atoms with van der Waals surface area (Å²) in [5.41, 5.74) is 1.60. The van der Waals surface area contributed by atoms with E-state index in [0.717, 1.165) is 10.9 Å². The number of carboxylic acids is 1. The molecular weight excluding hydrogens is 288 g/mol. The van der Waals surface area contributed by atoms with E-state index in [1.54, 1.807) is 18.3 Å². The smallest absolute Gasteiger partial charge is 0.322 e. The second kappa shape index (κ2) is 6.75. The average molecular weight is 304 g/mol. The quantitative estimate of drug-likeness (QED) is 0.422. The minimum atomic E-state index is -1.24. The zero-order valence-electron chi connectivity index (χ0n) is 12.0. The summed E-state index contributed by atoms with van der Waals surface area (Å²) < 4.78 is 5.07. The predicted molar refractivity (Wildman–Crippen MR) is 78.6 cm³/mol. The highest BCUT2D eigenvalue weighted by Gasteiger charge is 2.14. The van der Waals surface area contributed by atoms with Crippen LogP contribution in [0, 0.1) is 0 Å². The van der Waals surface area contributed by atoms with Gasteiger partial charge in [-0.2, -0.15) is 0 Å². The number of benzene rings is 1. The third-order valence-electron chi connectivity index (χ3n) is 3.05. The molecule has 0 aliphatic heterocycles. The van der Waals surface area contributed by atoms with Gasteiger partial charge in [0.05, 0.1) is 5.52 Å². The minimum absolute atomic E-state index is 0.0943. The van der Waals surface area contributed by atoms with E-state index in [1.165, 1.54) is 6.92 Å². The van der Waals surface area contributed by atoms with Crippen molar-refractivity contribution in [3.8, 4) is 5.75 Å². The number of aromatic amines is 1. The Morgan fingerprint density at radius 2 is 2.09 bits per heavy atom. The number of carbonyl (C=O) groups is 3. The van der Waals surface area contributed by atoms with Crippen molar-refractivity contribution in [2.45, 2.75) is 19.8 Å². The van der Waals surface area contributed by atoms with E-state index in [4.69, 9.17) is 9.84 Å². The predicted octanol–water partition coefficient (Wildman–Crippen LogP) is 1.23. The number of ether oxygens (including phenoxy) is 1. The minimum Gasteiger partial charge on any atom is -0.481 e. The van der Waals surface area contributed by atoms with Gasteiger partial charge in [-0.3, -0.25) is 14.4 Å². The van der Waals surface area contributed by atoms with E-state index in [0.29, 0.717) is 18.5 Å². The number of aromatic nitrogens is 1. The summed E-state index contributed by atoms with van der Waals surface area (Å²) >= 11 is 0. The monoisotopic (exact) mass is 304 g/mol. The Morgan fingerprint density at radius 1 is 1.32 bits per heavy atom. The fourth-order valence-corrected chi connectivity index (χ4v) is 2.13. The normalized spacial score (nSPS) is 10.4. The lowest BCUT2D eigenvalue weighted by Gasteiger charge is -2.05. The largest absolute Gasteiger partial charge is 0.481 e. The Labute approximate surface area is 126 Å². The highest BCUT2D eigenvalue weighted by molar-refractivity contribution is 5.94. The van der Waals surface area contributed by atoms with E-state index in [-0.39, 0.29) is 11.7 Å². The van der Waals surface area contributed by atoms with Gasteiger partial charge >= 0.3 is 11.9 Å². The van der Waals surface area contributed by atoms with Crippen LogP contribution in [0.1, 0.15) is 18.9 Å². The SMILES string of the molecule is CC(=O)NCCc1c[nH]c2c(OC(=O)CC(=O)O)cccc12. The van der Waals surface area contributed by atoms with Gasteiger partial charge < -0.3 is 20.1 Å². The highest BCUT2D eigenvalue weighted by atomic mass is 16.5. The van der Waals surface area contributed by atoms with Crippen molar-refractivity contribution in [2.75, 3.05) is 6.54 Å². The number of nitrogens with one attached hydrogen (secondary N) is 2. The third kappa shape index (κ3) is 3.85. The second-order valence-corrected chi connectivity index (χ2v) is 4.77. The van der Waals surface area contributed by atoms with Crippen LogP contribution in [-0.2, 0) is 20.8 Å². The van der Waals surface area contributed by atoms with Crippen LogP contribution in [0.2, 0.25) is 0 Å². The molecule has 7 nitrogen and oxygen atoms in total. The number of rotatable bonds is 6. The zero-order chi connectivity index (χ0) is 16.1. The molecular formula is C15H16N2O5. The molecule has 0 saturated heterocycles. The topological polar surface area (TPSA) is 108 Å². The Balaban J connectivity index is 2.16. The first-order valence-corrected chi connectivity index (χ1v) is 6.73. The highest BCUT2D eigenvalue weighted by Crippen LogP contribution is 2.27. The zero-order valence-corrected chi connectivity index (χ0v) is 12.0. The van der Waals surface area contributed by atoms with Crippen molar-refractivity contribution in [1.82, 2.24) is 10.3 Å². The summed E-state index contributed by atoms with van der Waals surface area (Å²) in [6.45, 7) is 1.96. The van der Waals surface area contributed by atoms with Gasteiger partial charge in [0.15, 0.2) is 5.75 Å². The molecule has 0 unspecified atom stereocenters. The number of hydrogen-bond acceptors (Lipinski definition) is 4. The number of carbonyl (C=O) groups excluding carboxylic acids is 2. The number of H-pyrrole nitrogens is 1. The lowest BCUT2D eigenvalue weighted by molar-refractivity contribution is -0.145. The first-order valence-electron chi connectivity index (χ1n) is 6.73. The maximum Gasteiger partial charge on any atom is 0.322 e. The summed E-state index contributed by atoms with van der Waals surface area (Å²) in [7, 11) is 0. The lowest BCUT2D eigenvalue weighted by Crippen LogP contribution is -2.22. The van der Waals surface area contributed by atoms with E-state index in [2.05, 4.69) is 10.3 Å². The Morgan fingerprint density at radius 3 is 2.77 bits per heavy atom. The summed E-state index contributed by atoms with van der Waals surface area (Å²) in [6.07, 6.45) is 1.72. The van der Waals surface area contributed by atoms with Crippen LogP contribution in [0.25, 0.3) is 10.9 Å². The fourth-order valence-electron chi connectivity index (χ4n) is 2.13. The maximum absolute atomic E-state index is 11.5. The Hall–Kier alpha value is -2.83. The number of carboxylic acid groups (broad SMARTS) is 1. The molecule has 0 saturated carbocycles. The number of hydrogen-bond donors (Lipinski definition) is 3. The van der Waals surface area contributed by atoms with Gasteiger partial charge in [0.1, 0.15) is 6.42 Å². The molecule has 1 aromatic heterocycles. The second-order valence-electron chi connectivity index (χ2n) is 4.77. The molecule has 1 aromatic carbocycles. The molecule has 0 radical (unpaired) electrons. The Kier molecular flexibility index (Phi) is 4.77. The molecule has 0 aliphatic rings. The molecule has 22 heavy (non-hydrogen) atoms. The number of aliphatic carboxylic acids is 1. The molecule has 2 rings (SSSR count). The maximum atomic E-state index is 11.5. The molecule has 1 heterocycles. The van der Waals surface area contributed by atoms with Gasteiger partial charge in [-0.1, -0.05) is 12.1 Å². The van der Waals surface area contributed by atoms with E-state index >= 15 is 0 Å². The molecule has 2 aromatic rings. The Bertz CT molecular complexity index is 720. The average Bonchev–Trinajstić information content (AvgIpc) is 2.82. The van der Waals surface area contributed by atoms with E-state index in [9.17, 15) is 14.4 Å². The van der Waals surface area contributed by atoms with E-state index < -0.39 is 18.4 Å². The molecule has 3 N–H and O–H groups in total. The van der Waals surface area contributed by atoms with Crippen molar-refractivity contribution >= 4 is 28.7 Å². The van der Waals surface area contributed by atoms with Crippen molar-refractivity contribution in [2.24, 2.45) is 0 Å².